The van der Waals surface area contributed by atoms with E-state index in [-0.39, 0.29) is 12.4 Å². The van der Waals surface area contributed by atoms with Crippen molar-refractivity contribution in [2.75, 3.05) is 6.61 Å². The van der Waals surface area contributed by atoms with Crippen molar-refractivity contribution < 1.29 is 18.8 Å². The molecule has 0 aliphatic heterocycles. The van der Waals surface area contributed by atoms with Gasteiger partial charge in [0.25, 0.3) is 0 Å². The lowest BCUT2D eigenvalue weighted by atomic mass is 10.1. The van der Waals surface area contributed by atoms with Crippen LogP contribution < -0.4 is 9.30 Å². The summed E-state index contributed by atoms with van der Waals surface area (Å²) in [4.78, 5) is 0. The molecule has 0 spiro atoms. The highest BCUT2D eigenvalue weighted by Gasteiger charge is 2.19. The second-order valence-electron chi connectivity index (χ2n) is 6.40. The molecular weight excluding hydrogens is 319 g/mol. The van der Waals surface area contributed by atoms with E-state index in [1.807, 2.05) is 6.33 Å². The maximum Gasteiger partial charge on any atom is 0.244 e. The van der Waals surface area contributed by atoms with E-state index < -0.39 is 6.10 Å². The Hall–Kier alpha value is -2.40. The highest BCUT2D eigenvalue weighted by Crippen LogP contribution is 2.18. The number of nitrogens with zero attached hydrogens (tertiary/aromatic N) is 2. The molecule has 1 aromatic heterocycles. The van der Waals surface area contributed by atoms with Crippen LogP contribution in [0.5, 0.6) is 5.75 Å². The molecule has 1 heterocycles. The number of fused-ring (bicyclic) bond motifs is 1. The van der Waals surface area contributed by atoms with E-state index >= 15 is 0 Å². The Bertz CT molecular complexity index is 872. The summed E-state index contributed by atoms with van der Waals surface area (Å²) >= 11 is 0. The zero-order valence-electron chi connectivity index (χ0n) is 14.9. The molecule has 5 heteroatoms. The third-order valence-corrected chi connectivity index (χ3v) is 4.49. The molecule has 0 aliphatic carbocycles. The Balaban J connectivity index is 1.75. The molecule has 0 fully saturated rings. The summed E-state index contributed by atoms with van der Waals surface area (Å²) in [7, 11) is 0. The summed E-state index contributed by atoms with van der Waals surface area (Å²) < 4.78 is 22.7. The quantitative estimate of drug-likeness (QED) is 0.698. The summed E-state index contributed by atoms with van der Waals surface area (Å²) in [5.74, 6) is 0.245. The maximum absolute atomic E-state index is 12.9. The van der Waals surface area contributed by atoms with Gasteiger partial charge in [0.2, 0.25) is 6.33 Å². The molecule has 25 heavy (non-hydrogen) atoms. The van der Waals surface area contributed by atoms with Crippen LogP contribution in [0.3, 0.4) is 0 Å². The molecule has 1 atom stereocenters. The van der Waals surface area contributed by atoms with Gasteiger partial charge < -0.3 is 9.84 Å². The Kier molecular flexibility index (Phi) is 5.04. The number of ether oxygens (including phenoxy) is 1. The molecule has 3 aromatic rings. The van der Waals surface area contributed by atoms with E-state index in [4.69, 9.17) is 4.74 Å². The molecule has 0 saturated carbocycles. The van der Waals surface area contributed by atoms with E-state index in [2.05, 4.69) is 42.0 Å². The fourth-order valence-electron chi connectivity index (χ4n) is 2.94. The van der Waals surface area contributed by atoms with E-state index in [1.165, 1.54) is 23.3 Å². The molecule has 0 unspecified atom stereocenters. The smallest absolute Gasteiger partial charge is 0.244 e. The second kappa shape index (κ2) is 7.23. The van der Waals surface area contributed by atoms with Crippen LogP contribution in [0.2, 0.25) is 0 Å². The fourth-order valence-corrected chi connectivity index (χ4v) is 2.94. The van der Waals surface area contributed by atoms with E-state index in [1.54, 1.807) is 12.1 Å². The predicted molar refractivity (Wildman–Crippen MR) is 95.2 cm³/mol. The molecule has 0 amide bonds. The van der Waals surface area contributed by atoms with Crippen LogP contribution in [0.4, 0.5) is 4.39 Å². The molecule has 1 N–H and O–H groups in total. The number of rotatable bonds is 6. The minimum Gasteiger partial charge on any atom is -0.491 e. The van der Waals surface area contributed by atoms with Gasteiger partial charge in [0.1, 0.15) is 30.8 Å². The predicted octanol–water partition coefficient (Wildman–Crippen LogP) is 3.14. The van der Waals surface area contributed by atoms with Gasteiger partial charge >= 0.3 is 0 Å². The van der Waals surface area contributed by atoms with Gasteiger partial charge in [0, 0.05) is 0 Å². The van der Waals surface area contributed by atoms with Crippen molar-refractivity contribution in [3.63, 3.8) is 0 Å². The highest BCUT2D eigenvalue weighted by molar-refractivity contribution is 5.74. The number of benzene rings is 2. The molecule has 0 aliphatic rings. The van der Waals surface area contributed by atoms with Crippen LogP contribution in [0.25, 0.3) is 11.0 Å². The molecule has 0 radical (unpaired) electrons. The van der Waals surface area contributed by atoms with Crippen molar-refractivity contribution >= 4 is 11.0 Å². The maximum atomic E-state index is 12.9. The standard InChI is InChI=1S/C20H24FN2O2/c1-4-22-13-23(20-10-15(3)14(2)9-19(20)22)11-17(24)12-25-18-7-5-16(21)6-8-18/h5-10,13,17,24H,4,11-12H2,1-3H3/q+1/t17-/m0/s1. The van der Waals surface area contributed by atoms with Crippen LogP contribution in [0, 0.1) is 19.7 Å². The number of imidazole rings is 1. The number of aromatic nitrogens is 2. The molecule has 132 valence electrons. The van der Waals surface area contributed by atoms with Crippen LogP contribution in [0.1, 0.15) is 18.1 Å². The van der Waals surface area contributed by atoms with Crippen LogP contribution in [0.15, 0.2) is 42.7 Å². The lowest BCUT2D eigenvalue weighted by molar-refractivity contribution is -0.679. The average molecular weight is 343 g/mol. The van der Waals surface area contributed by atoms with Gasteiger partial charge in [0.15, 0.2) is 11.0 Å². The van der Waals surface area contributed by atoms with Crippen molar-refractivity contribution in [2.24, 2.45) is 0 Å². The van der Waals surface area contributed by atoms with Gasteiger partial charge in [-0.1, -0.05) is 0 Å². The molecule has 0 bridgehead atoms. The van der Waals surface area contributed by atoms with E-state index in [0.29, 0.717) is 12.3 Å². The Labute approximate surface area is 147 Å². The monoisotopic (exact) mass is 343 g/mol. The Morgan fingerprint density at radius 2 is 1.84 bits per heavy atom. The Morgan fingerprint density at radius 3 is 2.52 bits per heavy atom. The van der Waals surface area contributed by atoms with Crippen LogP contribution in [-0.2, 0) is 13.1 Å². The first-order valence-corrected chi connectivity index (χ1v) is 8.54. The van der Waals surface area contributed by atoms with Crippen molar-refractivity contribution in [3.8, 4) is 5.75 Å². The summed E-state index contributed by atoms with van der Waals surface area (Å²) in [5, 5.41) is 10.4. The summed E-state index contributed by atoms with van der Waals surface area (Å²) in [6.07, 6.45) is 1.37. The Morgan fingerprint density at radius 1 is 1.16 bits per heavy atom. The van der Waals surface area contributed by atoms with Crippen molar-refractivity contribution in [1.29, 1.82) is 0 Å². The third kappa shape index (κ3) is 3.82. The first-order chi connectivity index (χ1) is 12.0. The van der Waals surface area contributed by atoms with E-state index in [0.717, 1.165) is 17.6 Å². The number of aryl methyl sites for hydroxylation is 3. The number of aliphatic hydroxyl groups is 1. The van der Waals surface area contributed by atoms with Crippen LogP contribution >= 0.6 is 0 Å². The lowest BCUT2D eigenvalue weighted by Crippen LogP contribution is -2.41. The zero-order chi connectivity index (χ0) is 18.0. The van der Waals surface area contributed by atoms with Crippen molar-refractivity contribution in [2.45, 2.75) is 40.0 Å². The fraction of sp³-hybridized carbons (Fsp3) is 0.350. The number of halogens is 1. The first-order valence-electron chi connectivity index (χ1n) is 8.54. The van der Waals surface area contributed by atoms with Gasteiger partial charge in [-0.05, 0) is 68.3 Å². The van der Waals surface area contributed by atoms with E-state index in [9.17, 15) is 9.50 Å². The summed E-state index contributed by atoms with van der Waals surface area (Å²) in [6.45, 7) is 7.77. The second-order valence-corrected chi connectivity index (χ2v) is 6.40. The highest BCUT2D eigenvalue weighted by atomic mass is 19.1. The largest absolute Gasteiger partial charge is 0.491 e. The van der Waals surface area contributed by atoms with Gasteiger partial charge in [0.05, 0.1) is 6.54 Å². The lowest BCUT2D eigenvalue weighted by Gasteiger charge is -2.11. The number of aliphatic hydroxyl groups excluding tert-OH is 1. The molecular formula is C20H24FN2O2+. The summed E-state index contributed by atoms with van der Waals surface area (Å²) in [5.41, 5.74) is 4.75. The number of hydrogen-bond acceptors (Lipinski definition) is 2. The summed E-state index contributed by atoms with van der Waals surface area (Å²) in [6, 6.07) is 10.2. The van der Waals surface area contributed by atoms with Crippen molar-refractivity contribution in [1.82, 2.24) is 4.57 Å². The zero-order valence-corrected chi connectivity index (χ0v) is 14.9. The average Bonchev–Trinajstić information content (AvgIpc) is 2.91. The molecule has 4 nitrogen and oxygen atoms in total. The normalized spacial score (nSPS) is 12.5. The van der Waals surface area contributed by atoms with Crippen LogP contribution in [-0.4, -0.2) is 22.4 Å². The van der Waals surface area contributed by atoms with Gasteiger partial charge in [-0.15, -0.1) is 0 Å². The molecule has 2 aromatic carbocycles. The number of hydrogen-bond donors (Lipinski definition) is 1. The minimum absolute atomic E-state index is 0.155. The van der Waals surface area contributed by atoms with Gasteiger partial charge in [-0.25, -0.2) is 13.5 Å². The van der Waals surface area contributed by atoms with Gasteiger partial charge in [-0.2, -0.15) is 0 Å². The third-order valence-electron chi connectivity index (χ3n) is 4.49. The minimum atomic E-state index is -0.660. The first kappa shape index (κ1) is 17.4. The molecule has 0 saturated heterocycles. The molecule has 3 rings (SSSR count). The SMILES string of the molecule is CCn1c[n+](C[C@H](O)COc2ccc(F)cc2)c2cc(C)c(C)cc21. The van der Waals surface area contributed by atoms with Crippen molar-refractivity contribution in [3.05, 3.63) is 59.7 Å². The topological polar surface area (TPSA) is 38.3 Å². The van der Waals surface area contributed by atoms with Gasteiger partial charge in [-0.3, -0.25) is 0 Å².